The van der Waals surface area contributed by atoms with Gasteiger partial charge >= 0.3 is 5.97 Å². The van der Waals surface area contributed by atoms with Crippen LogP contribution < -0.4 is 16.2 Å². The maximum absolute atomic E-state index is 12.8. The number of carboxylic acids is 1. The summed E-state index contributed by atoms with van der Waals surface area (Å²) in [5.74, 6) is -0.670. The van der Waals surface area contributed by atoms with Crippen LogP contribution >= 0.6 is 0 Å². The molecular formula is C26H32N6O4. The Bertz CT molecular complexity index is 1340. The third-order valence-electron chi connectivity index (χ3n) is 6.68. The standard InChI is InChI=1S/C26H32N6O4/c1-16(2)30-25(3,4)17-5-7-18(8-6-17)29-22-21-19(10-14-28-23(21)33)32(31-22)26(12-13-27)11-9-20(24(34)35)36-15-26/h5-8,10,14,16,20,30H,9,11-12,15H2,1-4H3,(H,28,33)(H,29,31)(H,34,35). The van der Waals surface area contributed by atoms with Crippen LogP contribution in [0.5, 0.6) is 0 Å². The molecule has 1 aliphatic rings. The molecule has 4 rings (SSSR count). The minimum absolute atomic E-state index is 0.00712. The molecule has 0 saturated carbocycles. The first kappa shape index (κ1) is 25.4. The normalized spacial score (nSPS) is 20.4. The SMILES string of the molecule is CC(C)NC(C)(C)c1ccc(Nc2nn(C3(CC#N)CCC(C(=O)O)OC3)c3cc[nH]c(=O)c23)cc1. The molecule has 1 saturated heterocycles. The van der Waals surface area contributed by atoms with Gasteiger partial charge in [-0.2, -0.15) is 10.4 Å². The van der Waals surface area contributed by atoms with Gasteiger partial charge in [-0.1, -0.05) is 26.0 Å². The van der Waals surface area contributed by atoms with Crippen LogP contribution in [-0.2, 0) is 20.6 Å². The number of aromatic nitrogens is 3. The zero-order valence-electron chi connectivity index (χ0n) is 21.0. The van der Waals surface area contributed by atoms with Crippen molar-refractivity contribution in [2.24, 2.45) is 0 Å². The smallest absolute Gasteiger partial charge is 0.332 e. The third-order valence-corrected chi connectivity index (χ3v) is 6.68. The fourth-order valence-corrected chi connectivity index (χ4v) is 4.97. The number of anilines is 2. The van der Waals surface area contributed by atoms with Gasteiger partial charge in [0.1, 0.15) is 5.39 Å². The second kappa shape index (κ2) is 9.76. The van der Waals surface area contributed by atoms with Gasteiger partial charge in [-0.3, -0.25) is 9.48 Å². The van der Waals surface area contributed by atoms with Crippen molar-refractivity contribution < 1.29 is 14.6 Å². The van der Waals surface area contributed by atoms with E-state index in [1.165, 1.54) is 6.20 Å². The number of carboxylic acid groups (broad SMARTS) is 1. The van der Waals surface area contributed by atoms with E-state index in [9.17, 15) is 20.0 Å². The first-order valence-electron chi connectivity index (χ1n) is 12.0. The number of fused-ring (bicyclic) bond motifs is 1. The lowest BCUT2D eigenvalue weighted by atomic mass is 9.87. The fourth-order valence-electron chi connectivity index (χ4n) is 4.97. The van der Waals surface area contributed by atoms with Crippen molar-refractivity contribution >= 4 is 28.4 Å². The number of nitrogens with zero attached hydrogens (tertiary/aromatic N) is 3. The highest BCUT2D eigenvalue weighted by Crippen LogP contribution is 2.37. The molecule has 0 aliphatic carbocycles. The van der Waals surface area contributed by atoms with Crippen LogP contribution in [0, 0.1) is 11.3 Å². The number of hydrogen-bond acceptors (Lipinski definition) is 7. The summed E-state index contributed by atoms with van der Waals surface area (Å²) in [6, 6.07) is 12.2. The topological polar surface area (TPSA) is 145 Å². The Hall–Kier alpha value is -3.68. The lowest BCUT2D eigenvalue weighted by Gasteiger charge is -2.38. The first-order chi connectivity index (χ1) is 17.1. The van der Waals surface area contributed by atoms with Gasteiger partial charge in [-0.05, 0) is 50.5 Å². The summed E-state index contributed by atoms with van der Waals surface area (Å²) in [5.41, 5.74) is 1.02. The number of nitrogens with one attached hydrogen (secondary N) is 3. The highest BCUT2D eigenvalue weighted by atomic mass is 16.5. The van der Waals surface area contributed by atoms with E-state index in [0.29, 0.717) is 29.2 Å². The summed E-state index contributed by atoms with van der Waals surface area (Å²) in [5, 5.41) is 30.8. The minimum Gasteiger partial charge on any atom is -0.479 e. The molecule has 36 heavy (non-hydrogen) atoms. The molecule has 2 unspecified atom stereocenters. The number of carbonyl (C=O) groups is 1. The van der Waals surface area contributed by atoms with Gasteiger partial charge in [0.25, 0.3) is 5.56 Å². The van der Waals surface area contributed by atoms with Crippen molar-refractivity contribution in [3.05, 3.63) is 52.4 Å². The van der Waals surface area contributed by atoms with Crippen LogP contribution in [0.2, 0.25) is 0 Å². The molecule has 0 amide bonds. The zero-order chi connectivity index (χ0) is 26.1. The number of nitriles is 1. The number of rotatable bonds is 8. The Kier molecular flexibility index (Phi) is 6.89. The summed E-state index contributed by atoms with van der Waals surface area (Å²) in [7, 11) is 0. The number of aliphatic carboxylic acids is 1. The van der Waals surface area contributed by atoms with Gasteiger partial charge in [-0.15, -0.1) is 0 Å². The average Bonchev–Trinajstić information content (AvgIpc) is 3.19. The van der Waals surface area contributed by atoms with Crippen molar-refractivity contribution in [3.63, 3.8) is 0 Å². The molecule has 2 aromatic heterocycles. The van der Waals surface area contributed by atoms with Crippen molar-refractivity contribution in [1.82, 2.24) is 20.1 Å². The van der Waals surface area contributed by atoms with E-state index < -0.39 is 17.6 Å². The van der Waals surface area contributed by atoms with E-state index in [4.69, 9.17) is 9.84 Å². The summed E-state index contributed by atoms with van der Waals surface area (Å²) in [6.07, 6.45) is 1.30. The highest BCUT2D eigenvalue weighted by Gasteiger charge is 2.42. The Morgan fingerprint density at radius 1 is 1.36 bits per heavy atom. The van der Waals surface area contributed by atoms with E-state index in [2.05, 4.69) is 49.4 Å². The molecule has 2 atom stereocenters. The molecule has 0 radical (unpaired) electrons. The summed E-state index contributed by atoms with van der Waals surface area (Å²) < 4.78 is 7.28. The highest BCUT2D eigenvalue weighted by molar-refractivity contribution is 5.91. The quantitative estimate of drug-likeness (QED) is 0.373. The molecule has 0 spiro atoms. The molecule has 1 aromatic carbocycles. The number of H-pyrrole nitrogens is 1. The lowest BCUT2D eigenvalue weighted by Crippen LogP contribution is -2.46. The Morgan fingerprint density at radius 2 is 2.08 bits per heavy atom. The van der Waals surface area contributed by atoms with E-state index in [0.717, 1.165) is 11.3 Å². The summed E-state index contributed by atoms with van der Waals surface area (Å²) in [6.45, 7) is 8.47. The third kappa shape index (κ3) is 4.85. The molecule has 1 fully saturated rings. The average molecular weight is 493 g/mol. The predicted molar refractivity (Wildman–Crippen MR) is 136 cm³/mol. The molecule has 190 valence electrons. The molecule has 4 N–H and O–H groups in total. The van der Waals surface area contributed by atoms with Crippen LogP contribution in [0.1, 0.15) is 52.5 Å². The van der Waals surface area contributed by atoms with Gasteiger partial charge < -0.3 is 25.5 Å². The second-order valence-electron chi connectivity index (χ2n) is 10.2. The van der Waals surface area contributed by atoms with Crippen LogP contribution in [-0.4, -0.2) is 44.6 Å². The molecule has 0 bridgehead atoms. The van der Waals surface area contributed by atoms with E-state index in [1.807, 2.05) is 24.3 Å². The largest absolute Gasteiger partial charge is 0.479 e. The number of ether oxygens (including phenoxy) is 1. The molecule has 10 nitrogen and oxygen atoms in total. The maximum Gasteiger partial charge on any atom is 0.332 e. The van der Waals surface area contributed by atoms with Crippen LogP contribution in [0.15, 0.2) is 41.3 Å². The second-order valence-corrected chi connectivity index (χ2v) is 10.2. The van der Waals surface area contributed by atoms with Gasteiger partial charge in [0.15, 0.2) is 11.9 Å². The van der Waals surface area contributed by atoms with Crippen molar-refractivity contribution in [2.75, 3.05) is 11.9 Å². The Morgan fingerprint density at radius 3 is 2.67 bits per heavy atom. The summed E-state index contributed by atoms with van der Waals surface area (Å²) >= 11 is 0. The summed E-state index contributed by atoms with van der Waals surface area (Å²) in [4.78, 5) is 26.9. The van der Waals surface area contributed by atoms with Crippen molar-refractivity contribution in [2.45, 2.75) is 70.2 Å². The van der Waals surface area contributed by atoms with Crippen LogP contribution in [0.25, 0.3) is 10.9 Å². The van der Waals surface area contributed by atoms with Gasteiger partial charge in [-0.25, -0.2) is 4.79 Å². The van der Waals surface area contributed by atoms with Crippen LogP contribution in [0.4, 0.5) is 11.5 Å². The Balaban J connectivity index is 1.71. The number of hydrogen-bond donors (Lipinski definition) is 4. The molecule has 3 aromatic rings. The van der Waals surface area contributed by atoms with Crippen LogP contribution in [0.3, 0.4) is 0 Å². The molecular weight excluding hydrogens is 460 g/mol. The molecule has 10 heteroatoms. The lowest BCUT2D eigenvalue weighted by molar-refractivity contribution is -0.158. The predicted octanol–water partition coefficient (Wildman–Crippen LogP) is 3.57. The van der Waals surface area contributed by atoms with Gasteiger partial charge in [0, 0.05) is 23.5 Å². The molecule has 1 aliphatic heterocycles. The fraction of sp³-hybridized carbons (Fsp3) is 0.462. The Labute approximate surface area is 209 Å². The first-order valence-corrected chi connectivity index (χ1v) is 12.0. The maximum atomic E-state index is 12.8. The zero-order valence-corrected chi connectivity index (χ0v) is 21.0. The number of aromatic amines is 1. The van der Waals surface area contributed by atoms with E-state index in [1.54, 1.807) is 10.7 Å². The molecule has 3 heterocycles. The number of benzene rings is 1. The van der Waals surface area contributed by atoms with Crippen molar-refractivity contribution in [3.8, 4) is 6.07 Å². The van der Waals surface area contributed by atoms with Gasteiger partial charge in [0.2, 0.25) is 0 Å². The minimum atomic E-state index is -1.03. The van der Waals surface area contributed by atoms with Gasteiger partial charge in [0.05, 0.1) is 30.2 Å². The van der Waals surface area contributed by atoms with Crippen molar-refractivity contribution in [1.29, 1.82) is 5.26 Å². The van der Waals surface area contributed by atoms with E-state index >= 15 is 0 Å². The number of pyridine rings is 1. The monoisotopic (exact) mass is 492 g/mol. The van der Waals surface area contributed by atoms with E-state index in [-0.39, 0.29) is 30.5 Å².